The number of benzene rings is 1. The summed E-state index contributed by atoms with van der Waals surface area (Å²) in [6.07, 6.45) is 0.615. The summed E-state index contributed by atoms with van der Waals surface area (Å²) in [5, 5.41) is 5.50. The van der Waals surface area contributed by atoms with E-state index in [-0.39, 0.29) is 0 Å². The lowest BCUT2D eigenvalue weighted by molar-refractivity contribution is 0.448. The first kappa shape index (κ1) is 10.4. The van der Waals surface area contributed by atoms with Crippen LogP contribution in [0.3, 0.4) is 0 Å². The third kappa shape index (κ3) is 1.45. The van der Waals surface area contributed by atoms with Crippen molar-refractivity contribution in [2.45, 2.75) is 13.3 Å². The predicted octanol–water partition coefficient (Wildman–Crippen LogP) is 3.15. The molecule has 0 atom stereocenters. The fourth-order valence-electron chi connectivity index (χ4n) is 1.88. The van der Waals surface area contributed by atoms with Crippen LogP contribution in [0.1, 0.15) is 12.6 Å². The van der Waals surface area contributed by atoms with Crippen LogP contribution in [0.2, 0.25) is 5.02 Å². The molecular weight excluding hydrogens is 242 g/mol. The molecule has 5 heteroatoms. The Morgan fingerprint density at radius 3 is 3.00 bits per heavy atom. The zero-order valence-electron chi connectivity index (χ0n) is 8.99. The van der Waals surface area contributed by atoms with Crippen LogP contribution >= 0.6 is 11.6 Å². The van der Waals surface area contributed by atoms with E-state index in [1.165, 1.54) is 0 Å². The molecule has 0 spiro atoms. The Hall–Kier alpha value is -1.81. The summed E-state index contributed by atoms with van der Waals surface area (Å²) in [4.78, 5) is 11.8. The SMILES string of the molecule is CCc1noc2c1c(=O)oc1ccc(Cl)cc12. The van der Waals surface area contributed by atoms with E-state index in [0.717, 1.165) is 0 Å². The molecule has 0 aliphatic heterocycles. The monoisotopic (exact) mass is 249 g/mol. The molecule has 3 aromatic rings. The Balaban J connectivity index is 2.59. The molecule has 0 unspecified atom stereocenters. The van der Waals surface area contributed by atoms with Crippen LogP contribution in [0.15, 0.2) is 31.9 Å². The molecule has 2 heterocycles. The van der Waals surface area contributed by atoms with E-state index in [0.29, 0.717) is 39.1 Å². The number of rotatable bonds is 1. The van der Waals surface area contributed by atoms with Crippen molar-refractivity contribution in [1.29, 1.82) is 0 Å². The summed E-state index contributed by atoms with van der Waals surface area (Å²) in [7, 11) is 0. The Morgan fingerprint density at radius 1 is 1.41 bits per heavy atom. The van der Waals surface area contributed by atoms with Gasteiger partial charge in [-0.1, -0.05) is 23.7 Å². The maximum Gasteiger partial charge on any atom is 0.349 e. The van der Waals surface area contributed by atoms with Crippen LogP contribution in [0.5, 0.6) is 0 Å². The second kappa shape index (κ2) is 3.60. The summed E-state index contributed by atoms with van der Waals surface area (Å²) in [5.74, 6) is 0. The summed E-state index contributed by atoms with van der Waals surface area (Å²) >= 11 is 5.92. The summed E-state index contributed by atoms with van der Waals surface area (Å²) in [6, 6.07) is 5.01. The second-order valence-corrected chi connectivity index (χ2v) is 4.15. The number of nitrogens with zero attached hydrogens (tertiary/aromatic N) is 1. The predicted molar refractivity (Wildman–Crippen MR) is 64.4 cm³/mol. The second-order valence-electron chi connectivity index (χ2n) is 3.72. The van der Waals surface area contributed by atoms with Gasteiger partial charge in [0, 0.05) is 5.02 Å². The third-order valence-electron chi connectivity index (χ3n) is 2.69. The summed E-state index contributed by atoms with van der Waals surface area (Å²) in [5.41, 5.74) is 1.07. The van der Waals surface area contributed by atoms with Crippen molar-refractivity contribution in [2.75, 3.05) is 0 Å². The lowest BCUT2D eigenvalue weighted by Gasteiger charge is -1.97. The van der Waals surface area contributed by atoms with E-state index in [2.05, 4.69) is 5.16 Å². The van der Waals surface area contributed by atoms with Crippen LogP contribution in [0, 0.1) is 0 Å². The van der Waals surface area contributed by atoms with Gasteiger partial charge in [-0.15, -0.1) is 0 Å². The van der Waals surface area contributed by atoms with Gasteiger partial charge in [0.25, 0.3) is 0 Å². The van der Waals surface area contributed by atoms with Crippen molar-refractivity contribution in [2.24, 2.45) is 0 Å². The Morgan fingerprint density at radius 2 is 2.24 bits per heavy atom. The summed E-state index contributed by atoms with van der Waals surface area (Å²) in [6.45, 7) is 1.90. The number of hydrogen-bond acceptors (Lipinski definition) is 4. The molecular formula is C12H8ClNO3. The molecule has 3 rings (SSSR count). The van der Waals surface area contributed by atoms with Crippen LogP contribution in [-0.4, -0.2) is 5.16 Å². The molecule has 0 aliphatic rings. The van der Waals surface area contributed by atoms with Crippen molar-refractivity contribution < 1.29 is 8.94 Å². The molecule has 0 aliphatic carbocycles. The van der Waals surface area contributed by atoms with E-state index < -0.39 is 5.63 Å². The van der Waals surface area contributed by atoms with Crippen molar-refractivity contribution in [3.63, 3.8) is 0 Å². The van der Waals surface area contributed by atoms with Gasteiger partial charge in [0.05, 0.1) is 11.1 Å². The van der Waals surface area contributed by atoms with Crippen LogP contribution in [0.4, 0.5) is 0 Å². The van der Waals surface area contributed by atoms with Gasteiger partial charge in [-0.05, 0) is 24.6 Å². The number of hydrogen-bond donors (Lipinski definition) is 0. The molecule has 2 aromatic heterocycles. The van der Waals surface area contributed by atoms with E-state index >= 15 is 0 Å². The molecule has 0 saturated carbocycles. The lowest BCUT2D eigenvalue weighted by atomic mass is 10.1. The molecule has 0 fully saturated rings. The zero-order valence-corrected chi connectivity index (χ0v) is 9.75. The van der Waals surface area contributed by atoms with E-state index in [1.807, 2.05) is 6.92 Å². The van der Waals surface area contributed by atoms with Crippen molar-refractivity contribution in [3.8, 4) is 0 Å². The number of aromatic nitrogens is 1. The first-order valence-corrected chi connectivity index (χ1v) is 5.59. The largest absolute Gasteiger partial charge is 0.422 e. The first-order valence-electron chi connectivity index (χ1n) is 5.21. The Kier molecular flexibility index (Phi) is 2.19. The van der Waals surface area contributed by atoms with E-state index in [1.54, 1.807) is 18.2 Å². The highest BCUT2D eigenvalue weighted by atomic mass is 35.5. The molecule has 0 radical (unpaired) electrons. The number of fused-ring (bicyclic) bond motifs is 3. The summed E-state index contributed by atoms with van der Waals surface area (Å²) < 4.78 is 10.4. The Labute approximate surface area is 101 Å². The number of halogens is 1. The minimum absolute atomic E-state index is 0.405. The van der Waals surface area contributed by atoms with E-state index in [4.69, 9.17) is 20.5 Å². The normalized spacial score (nSPS) is 11.4. The quantitative estimate of drug-likeness (QED) is 0.622. The highest BCUT2D eigenvalue weighted by molar-refractivity contribution is 6.31. The average molecular weight is 250 g/mol. The van der Waals surface area contributed by atoms with Crippen molar-refractivity contribution in [3.05, 3.63) is 39.3 Å². The van der Waals surface area contributed by atoms with Crippen LogP contribution in [-0.2, 0) is 6.42 Å². The minimum Gasteiger partial charge on any atom is -0.422 e. The van der Waals surface area contributed by atoms with Crippen LogP contribution < -0.4 is 5.63 Å². The highest BCUT2D eigenvalue weighted by Gasteiger charge is 2.16. The topological polar surface area (TPSA) is 56.2 Å². The van der Waals surface area contributed by atoms with Crippen molar-refractivity contribution in [1.82, 2.24) is 5.16 Å². The molecule has 86 valence electrons. The average Bonchev–Trinajstić information content (AvgIpc) is 2.75. The van der Waals surface area contributed by atoms with Crippen LogP contribution in [0.25, 0.3) is 21.9 Å². The Bertz CT molecular complexity index is 772. The third-order valence-corrected chi connectivity index (χ3v) is 2.93. The van der Waals surface area contributed by atoms with Gasteiger partial charge in [-0.25, -0.2) is 4.79 Å². The fourth-order valence-corrected chi connectivity index (χ4v) is 2.05. The number of aryl methyl sites for hydroxylation is 1. The van der Waals surface area contributed by atoms with Gasteiger partial charge >= 0.3 is 5.63 Å². The van der Waals surface area contributed by atoms with Gasteiger partial charge in [0.15, 0.2) is 5.58 Å². The van der Waals surface area contributed by atoms with Gasteiger partial charge < -0.3 is 8.94 Å². The zero-order chi connectivity index (χ0) is 12.0. The molecule has 0 N–H and O–H groups in total. The molecule has 4 nitrogen and oxygen atoms in total. The molecule has 0 amide bonds. The maximum absolute atomic E-state index is 11.8. The molecule has 0 saturated heterocycles. The van der Waals surface area contributed by atoms with Gasteiger partial charge in [-0.2, -0.15) is 0 Å². The van der Waals surface area contributed by atoms with Gasteiger partial charge in [0.2, 0.25) is 0 Å². The van der Waals surface area contributed by atoms with Crippen molar-refractivity contribution >= 4 is 33.5 Å². The molecule has 0 bridgehead atoms. The minimum atomic E-state index is -0.423. The standard InChI is InChI=1S/C12H8ClNO3/c1-2-8-10-11(17-14-8)7-5-6(13)3-4-9(7)16-12(10)15/h3-5H,2H2,1H3. The lowest BCUT2D eigenvalue weighted by Crippen LogP contribution is -2.00. The maximum atomic E-state index is 11.8. The highest BCUT2D eigenvalue weighted by Crippen LogP contribution is 2.27. The molecule has 1 aromatic carbocycles. The van der Waals surface area contributed by atoms with Gasteiger partial charge in [0.1, 0.15) is 11.0 Å². The fraction of sp³-hybridized carbons (Fsp3) is 0.167. The smallest absolute Gasteiger partial charge is 0.349 e. The molecule has 17 heavy (non-hydrogen) atoms. The van der Waals surface area contributed by atoms with Gasteiger partial charge in [-0.3, -0.25) is 0 Å². The first-order chi connectivity index (χ1) is 8.20. The van der Waals surface area contributed by atoms with E-state index in [9.17, 15) is 4.79 Å².